The topological polar surface area (TPSA) is 66.5 Å². The quantitative estimate of drug-likeness (QED) is 0.861. The molecule has 0 aliphatic carbocycles. The Bertz CT molecular complexity index is 828. The molecule has 5 nitrogen and oxygen atoms in total. The van der Waals surface area contributed by atoms with E-state index in [1.807, 2.05) is 69.3 Å². The molecule has 134 valence electrons. The molecule has 0 saturated heterocycles. The van der Waals surface area contributed by atoms with E-state index in [2.05, 4.69) is 5.32 Å². The summed E-state index contributed by atoms with van der Waals surface area (Å²) in [5, 5.41) is 2.86. The second-order valence-corrected chi connectivity index (χ2v) is 8.12. The monoisotopic (exact) mass is 360 g/mol. The minimum atomic E-state index is -3.59. The van der Waals surface area contributed by atoms with E-state index in [0.29, 0.717) is 5.69 Å². The van der Waals surface area contributed by atoms with Crippen molar-refractivity contribution < 1.29 is 13.2 Å². The molecule has 1 amide bonds. The van der Waals surface area contributed by atoms with Crippen molar-refractivity contribution in [2.24, 2.45) is 0 Å². The third kappa shape index (κ3) is 4.82. The summed E-state index contributed by atoms with van der Waals surface area (Å²) in [7, 11) is -3.59. The van der Waals surface area contributed by atoms with Gasteiger partial charge >= 0.3 is 0 Å². The highest BCUT2D eigenvalue weighted by atomic mass is 32.2. The summed E-state index contributed by atoms with van der Waals surface area (Å²) in [5.41, 5.74) is 3.16. The molecule has 0 spiro atoms. The van der Waals surface area contributed by atoms with Crippen molar-refractivity contribution in [1.82, 2.24) is 5.32 Å². The van der Waals surface area contributed by atoms with Crippen molar-refractivity contribution in [3.63, 3.8) is 0 Å². The van der Waals surface area contributed by atoms with Crippen LogP contribution in [0.5, 0.6) is 0 Å². The summed E-state index contributed by atoms with van der Waals surface area (Å²) >= 11 is 0. The van der Waals surface area contributed by atoms with Crippen LogP contribution >= 0.6 is 0 Å². The maximum absolute atomic E-state index is 12.5. The molecule has 0 saturated carbocycles. The van der Waals surface area contributed by atoms with Gasteiger partial charge in [-0.05, 0) is 37.5 Å². The van der Waals surface area contributed by atoms with E-state index in [0.717, 1.165) is 22.9 Å². The molecule has 1 atom stereocenters. The zero-order chi connectivity index (χ0) is 18.6. The minimum absolute atomic E-state index is 0.201. The maximum atomic E-state index is 12.5. The summed E-state index contributed by atoms with van der Waals surface area (Å²) in [6.07, 6.45) is 1.12. The molecule has 2 rings (SSSR count). The molecular weight excluding hydrogens is 336 g/mol. The number of anilines is 1. The number of hydrogen-bond acceptors (Lipinski definition) is 3. The van der Waals surface area contributed by atoms with Crippen LogP contribution in [-0.4, -0.2) is 27.1 Å². The number of hydrogen-bond donors (Lipinski definition) is 1. The Morgan fingerprint density at radius 3 is 2.12 bits per heavy atom. The Balaban J connectivity index is 2.22. The smallest absolute Gasteiger partial charge is 0.241 e. The number of amides is 1. The molecule has 1 N–H and O–H groups in total. The van der Waals surface area contributed by atoms with Gasteiger partial charge in [-0.25, -0.2) is 8.42 Å². The lowest BCUT2D eigenvalue weighted by atomic mass is 10.1. The third-order valence-electron chi connectivity index (χ3n) is 4.05. The first-order valence-corrected chi connectivity index (χ1v) is 9.93. The fourth-order valence-electron chi connectivity index (χ4n) is 2.80. The number of aryl methyl sites for hydroxylation is 2. The Kier molecular flexibility index (Phi) is 5.85. The zero-order valence-corrected chi connectivity index (χ0v) is 15.8. The summed E-state index contributed by atoms with van der Waals surface area (Å²) in [4.78, 5) is 12.5. The van der Waals surface area contributed by atoms with Gasteiger partial charge in [-0.2, -0.15) is 0 Å². The molecular formula is C19H24N2O3S. The van der Waals surface area contributed by atoms with Crippen molar-refractivity contribution in [2.45, 2.75) is 26.8 Å². The molecule has 0 aliphatic heterocycles. The third-order valence-corrected chi connectivity index (χ3v) is 5.17. The fraction of sp³-hybridized carbons (Fsp3) is 0.316. The molecule has 0 radical (unpaired) electrons. The number of rotatable bonds is 6. The van der Waals surface area contributed by atoms with Crippen molar-refractivity contribution >= 4 is 21.6 Å². The van der Waals surface area contributed by atoms with E-state index in [1.54, 1.807) is 0 Å². The maximum Gasteiger partial charge on any atom is 0.241 e. The van der Waals surface area contributed by atoms with Gasteiger partial charge in [-0.1, -0.05) is 48.5 Å². The van der Waals surface area contributed by atoms with Gasteiger partial charge in [0.15, 0.2) is 0 Å². The lowest BCUT2D eigenvalue weighted by Gasteiger charge is -2.26. The van der Waals surface area contributed by atoms with Crippen LogP contribution in [0.15, 0.2) is 48.5 Å². The van der Waals surface area contributed by atoms with E-state index < -0.39 is 10.0 Å². The molecule has 0 aliphatic rings. The normalized spacial score (nSPS) is 12.5. The van der Waals surface area contributed by atoms with Crippen molar-refractivity contribution in [3.05, 3.63) is 65.2 Å². The Labute approximate surface area is 149 Å². The first-order valence-electron chi connectivity index (χ1n) is 8.08. The van der Waals surface area contributed by atoms with Gasteiger partial charge in [-0.3, -0.25) is 9.10 Å². The van der Waals surface area contributed by atoms with E-state index >= 15 is 0 Å². The van der Waals surface area contributed by atoms with Crippen LogP contribution in [0, 0.1) is 13.8 Å². The molecule has 0 heterocycles. The number of para-hydroxylation sites is 1. The van der Waals surface area contributed by atoms with Gasteiger partial charge in [0, 0.05) is 0 Å². The molecule has 0 unspecified atom stereocenters. The van der Waals surface area contributed by atoms with Crippen LogP contribution in [0.1, 0.15) is 29.7 Å². The van der Waals surface area contributed by atoms with E-state index in [1.165, 1.54) is 4.31 Å². The molecule has 0 aromatic heterocycles. The van der Waals surface area contributed by atoms with Gasteiger partial charge in [0.25, 0.3) is 0 Å². The summed E-state index contributed by atoms with van der Waals surface area (Å²) in [6, 6.07) is 14.9. The summed E-state index contributed by atoms with van der Waals surface area (Å²) in [5.74, 6) is -0.343. The van der Waals surface area contributed by atoms with Crippen LogP contribution in [0.2, 0.25) is 0 Å². The van der Waals surface area contributed by atoms with Crippen LogP contribution < -0.4 is 9.62 Å². The molecule has 6 heteroatoms. The SMILES string of the molecule is Cc1cccc(C)c1N(CC(=O)N[C@H](C)c1ccccc1)S(C)(=O)=O. The lowest BCUT2D eigenvalue weighted by Crippen LogP contribution is -2.41. The van der Waals surface area contributed by atoms with E-state index in [-0.39, 0.29) is 18.5 Å². The first-order chi connectivity index (χ1) is 11.7. The largest absolute Gasteiger partial charge is 0.348 e. The standard InChI is InChI=1S/C19H24N2O3S/c1-14-9-8-10-15(2)19(14)21(25(4,23)24)13-18(22)20-16(3)17-11-6-5-7-12-17/h5-12,16H,13H2,1-4H3,(H,20,22)/t16-/m1/s1. The first kappa shape index (κ1) is 19.0. The second-order valence-electron chi connectivity index (χ2n) is 6.21. The van der Waals surface area contributed by atoms with Crippen LogP contribution in [-0.2, 0) is 14.8 Å². The molecule has 0 bridgehead atoms. The fourth-order valence-corrected chi connectivity index (χ4v) is 3.78. The van der Waals surface area contributed by atoms with Crippen molar-refractivity contribution in [2.75, 3.05) is 17.1 Å². The van der Waals surface area contributed by atoms with Crippen LogP contribution in [0.25, 0.3) is 0 Å². The Morgan fingerprint density at radius 2 is 1.60 bits per heavy atom. The van der Waals surface area contributed by atoms with Gasteiger partial charge in [0.05, 0.1) is 18.0 Å². The number of nitrogens with one attached hydrogen (secondary N) is 1. The van der Waals surface area contributed by atoms with Crippen LogP contribution in [0.3, 0.4) is 0 Å². The number of sulfonamides is 1. The number of nitrogens with zero attached hydrogens (tertiary/aromatic N) is 1. The van der Waals surface area contributed by atoms with Gasteiger partial charge < -0.3 is 5.32 Å². The van der Waals surface area contributed by atoms with Crippen molar-refractivity contribution in [1.29, 1.82) is 0 Å². The van der Waals surface area contributed by atoms with Crippen LogP contribution in [0.4, 0.5) is 5.69 Å². The van der Waals surface area contributed by atoms with Crippen molar-refractivity contribution in [3.8, 4) is 0 Å². The minimum Gasteiger partial charge on any atom is -0.348 e. The number of carbonyl (C=O) groups is 1. The number of benzene rings is 2. The number of carbonyl (C=O) groups excluding carboxylic acids is 1. The highest BCUT2D eigenvalue weighted by molar-refractivity contribution is 7.92. The molecule has 2 aromatic rings. The summed E-state index contributed by atoms with van der Waals surface area (Å²) in [6.45, 7) is 5.30. The Hall–Kier alpha value is -2.34. The second kappa shape index (κ2) is 7.70. The average molecular weight is 360 g/mol. The van der Waals surface area contributed by atoms with Gasteiger partial charge in [0.2, 0.25) is 15.9 Å². The highest BCUT2D eigenvalue weighted by Gasteiger charge is 2.24. The lowest BCUT2D eigenvalue weighted by molar-refractivity contribution is -0.120. The van der Waals surface area contributed by atoms with Gasteiger partial charge in [-0.15, -0.1) is 0 Å². The Morgan fingerprint density at radius 1 is 1.04 bits per heavy atom. The van der Waals surface area contributed by atoms with Gasteiger partial charge in [0.1, 0.15) is 6.54 Å². The summed E-state index contributed by atoms with van der Waals surface area (Å²) < 4.78 is 25.7. The molecule has 0 fully saturated rings. The molecule has 25 heavy (non-hydrogen) atoms. The average Bonchev–Trinajstić information content (AvgIpc) is 2.53. The predicted octanol–water partition coefficient (Wildman–Crippen LogP) is 2.95. The highest BCUT2D eigenvalue weighted by Crippen LogP contribution is 2.26. The molecule has 2 aromatic carbocycles. The zero-order valence-electron chi connectivity index (χ0n) is 15.0. The van der Waals surface area contributed by atoms with E-state index in [4.69, 9.17) is 0 Å². The van der Waals surface area contributed by atoms with E-state index in [9.17, 15) is 13.2 Å². The predicted molar refractivity (Wildman–Crippen MR) is 101 cm³/mol.